The number of aromatic carboxylic acids is 1. The van der Waals surface area contributed by atoms with Gasteiger partial charge < -0.3 is 14.7 Å². The van der Waals surface area contributed by atoms with E-state index in [1.54, 1.807) is 6.07 Å². The van der Waals surface area contributed by atoms with Gasteiger partial charge in [-0.05, 0) is 105 Å². The van der Waals surface area contributed by atoms with Gasteiger partial charge in [-0.15, -0.1) is 0 Å². The molecule has 0 aromatic heterocycles. The molecule has 2 heterocycles. The molecule has 2 atom stereocenters. The molecule has 1 unspecified atom stereocenters. The molecule has 1 saturated carbocycles. The first kappa shape index (κ1) is 22.6. The fourth-order valence-electron chi connectivity index (χ4n) is 6.34. The fourth-order valence-corrected chi connectivity index (χ4v) is 6.34. The maximum atomic E-state index is 11.5. The molecule has 3 fully saturated rings. The van der Waals surface area contributed by atoms with Crippen molar-refractivity contribution in [3.8, 4) is 0 Å². The van der Waals surface area contributed by atoms with E-state index < -0.39 is 5.97 Å². The number of nitrogens with zero attached hydrogens (tertiary/aromatic N) is 1. The van der Waals surface area contributed by atoms with E-state index in [-0.39, 0.29) is 5.41 Å². The van der Waals surface area contributed by atoms with Crippen LogP contribution in [-0.2, 0) is 11.2 Å². The van der Waals surface area contributed by atoms with Crippen molar-refractivity contribution in [2.45, 2.75) is 63.3 Å². The molecule has 4 nitrogen and oxygen atoms in total. The number of benzene rings is 2. The second kappa shape index (κ2) is 9.99. The second-order valence-corrected chi connectivity index (χ2v) is 10.6. The first-order valence-electron chi connectivity index (χ1n) is 12.8. The molecular formula is C29H37NO3. The Bertz CT molecular complexity index is 929. The molecule has 0 amide bonds. The van der Waals surface area contributed by atoms with Gasteiger partial charge in [-0.3, -0.25) is 0 Å². The predicted octanol–water partition coefficient (Wildman–Crippen LogP) is 5.77. The second-order valence-electron chi connectivity index (χ2n) is 10.6. The van der Waals surface area contributed by atoms with Crippen molar-refractivity contribution in [3.63, 3.8) is 0 Å². The highest BCUT2D eigenvalue weighted by molar-refractivity contribution is 5.87. The number of piperidine rings is 1. The van der Waals surface area contributed by atoms with Crippen LogP contribution in [0.1, 0.15) is 72.3 Å². The van der Waals surface area contributed by atoms with Crippen molar-refractivity contribution in [3.05, 3.63) is 71.3 Å². The van der Waals surface area contributed by atoms with Crippen molar-refractivity contribution in [2.75, 3.05) is 26.3 Å². The van der Waals surface area contributed by atoms with E-state index in [9.17, 15) is 9.90 Å². The zero-order chi connectivity index (χ0) is 22.7. The number of rotatable bonds is 8. The third-order valence-electron chi connectivity index (χ3n) is 8.51. The summed E-state index contributed by atoms with van der Waals surface area (Å²) in [5.41, 5.74) is 3.38. The summed E-state index contributed by atoms with van der Waals surface area (Å²) in [6.45, 7) is 4.12. The normalized spacial score (nSPS) is 25.6. The number of carboxylic acids is 1. The van der Waals surface area contributed by atoms with Gasteiger partial charge >= 0.3 is 5.97 Å². The van der Waals surface area contributed by atoms with Crippen LogP contribution in [0.5, 0.6) is 0 Å². The Morgan fingerprint density at radius 1 is 1.03 bits per heavy atom. The summed E-state index contributed by atoms with van der Waals surface area (Å²) >= 11 is 0. The smallest absolute Gasteiger partial charge is 0.335 e. The van der Waals surface area contributed by atoms with Crippen LogP contribution in [0, 0.1) is 11.3 Å². The van der Waals surface area contributed by atoms with E-state index in [0.29, 0.717) is 11.6 Å². The van der Waals surface area contributed by atoms with E-state index >= 15 is 0 Å². The minimum Gasteiger partial charge on any atom is -0.478 e. The molecule has 3 aliphatic rings. The van der Waals surface area contributed by atoms with Gasteiger partial charge in [0.15, 0.2) is 0 Å². The first-order valence-corrected chi connectivity index (χ1v) is 12.8. The molecule has 2 aliphatic heterocycles. The van der Waals surface area contributed by atoms with Crippen molar-refractivity contribution in [1.82, 2.24) is 4.90 Å². The van der Waals surface area contributed by atoms with Crippen molar-refractivity contribution in [1.29, 1.82) is 0 Å². The van der Waals surface area contributed by atoms with Crippen LogP contribution in [0.3, 0.4) is 0 Å². The van der Waals surface area contributed by atoms with Gasteiger partial charge in [0.05, 0.1) is 5.56 Å². The summed E-state index contributed by atoms with van der Waals surface area (Å²) in [4.78, 5) is 14.2. The summed E-state index contributed by atoms with van der Waals surface area (Å²) in [5.74, 6) is 0.716. The lowest BCUT2D eigenvalue weighted by Gasteiger charge is -2.46. The number of hydrogen-bond donors (Lipinski definition) is 1. The largest absolute Gasteiger partial charge is 0.478 e. The summed E-state index contributed by atoms with van der Waals surface area (Å²) in [7, 11) is 0. The number of carboxylic acid groups (broad SMARTS) is 1. The Balaban J connectivity index is 1.26. The molecule has 1 N–H and O–H groups in total. The minimum atomic E-state index is -0.830. The summed E-state index contributed by atoms with van der Waals surface area (Å²) < 4.78 is 5.58. The maximum absolute atomic E-state index is 11.5. The molecule has 2 saturated heterocycles. The number of carbonyl (C=O) groups is 1. The molecule has 0 bridgehead atoms. The van der Waals surface area contributed by atoms with Crippen molar-refractivity contribution < 1.29 is 14.6 Å². The predicted molar refractivity (Wildman–Crippen MR) is 131 cm³/mol. The van der Waals surface area contributed by atoms with Gasteiger partial charge in [0, 0.05) is 19.3 Å². The number of hydrogen-bond acceptors (Lipinski definition) is 3. The quantitative estimate of drug-likeness (QED) is 0.558. The van der Waals surface area contributed by atoms with Gasteiger partial charge in [-0.1, -0.05) is 42.5 Å². The molecule has 33 heavy (non-hydrogen) atoms. The topological polar surface area (TPSA) is 49.8 Å². The van der Waals surface area contributed by atoms with Gasteiger partial charge in [0.25, 0.3) is 0 Å². The lowest BCUT2D eigenvalue weighted by molar-refractivity contribution is 0.00264. The molecule has 0 radical (unpaired) electrons. The van der Waals surface area contributed by atoms with E-state index in [1.807, 2.05) is 12.1 Å². The average Bonchev–Trinajstić information content (AvgIpc) is 3.65. The zero-order valence-electron chi connectivity index (χ0n) is 19.6. The maximum Gasteiger partial charge on any atom is 0.335 e. The summed E-state index contributed by atoms with van der Waals surface area (Å²) in [5, 5.41) is 9.46. The number of ether oxygens (including phenoxy) is 1. The standard InChI is InChI=1S/C29H37NO3/c31-28(32)25-8-4-5-22(19-25)21-29(12-9-24-20-27(24)23-6-2-1-3-7-23)13-15-30(16-14-29)26-10-17-33-18-11-26/h1-8,19,24,26-27H,9-18,20-21H2,(H,31,32)/t24-,27?/m1/s1. The Kier molecular flexibility index (Phi) is 6.84. The highest BCUT2D eigenvalue weighted by Gasteiger charge is 2.42. The van der Waals surface area contributed by atoms with Crippen LogP contribution in [0.4, 0.5) is 0 Å². The van der Waals surface area contributed by atoms with Crippen LogP contribution in [0.25, 0.3) is 0 Å². The van der Waals surface area contributed by atoms with E-state index in [2.05, 4.69) is 41.3 Å². The molecule has 2 aromatic rings. The Hall–Kier alpha value is -2.17. The third kappa shape index (κ3) is 5.50. The highest BCUT2D eigenvalue weighted by Crippen LogP contribution is 2.52. The lowest BCUT2D eigenvalue weighted by atomic mass is 9.70. The van der Waals surface area contributed by atoms with Gasteiger partial charge in [0.2, 0.25) is 0 Å². The minimum absolute atomic E-state index is 0.280. The number of likely N-dealkylation sites (tertiary alicyclic amines) is 1. The zero-order valence-corrected chi connectivity index (χ0v) is 19.6. The molecule has 4 heteroatoms. The van der Waals surface area contributed by atoms with Gasteiger partial charge in [-0.25, -0.2) is 4.79 Å². The van der Waals surface area contributed by atoms with Crippen molar-refractivity contribution in [2.24, 2.45) is 11.3 Å². The summed E-state index contributed by atoms with van der Waals surface area (Å²) in [6, 6.07) is 19.3. The Labute approximate surface area is 198 Å². The van der Waals surface area contributed by atoms with Crippen LogP contribution < -0.4 is 0 Å². The van der Waals surface area contributed by atoms with Gasteiger partial charge in [0.1, 0.15) is 0 Å². The van der Waals surface area contributed by atoms with Crippen LogP contribution >= 0.6 is 0 Å². The molecule has 0 spiro atoms. The van der Waals surface area contributed by atoms with E-state index in [0.717, 1.165) is 57.4 Å². The SMILES string of the molecule is O=C(O)c1cccc(CC2(CC[C@@H]3CC3c3ccccc3)CCN(C3CCOCC3)CC2)c1. The molecular weight excluding hydrogens is 410 g/mol. The van der Waals surface area contributed by atoms with Crippen LogP contribution in [-0.4, -0.2) is 48.3 Å². The fraction of sp³-hybridized carbons (Fsp3) is 0.552. The molecule has 2 aromatic carbocycles. The van der Waals surface area contributed by atoms with Crippen LogP contribution in [0.15, 0.2) is 54.6 Å². The van der Waals surface area contributed by atoms with E-state index in [4.69, 9.17) is 4.74 Å². The molecule has 1 aliphatic carbocycles. The molecule has 176 valence electrons. The van der Waals surface area contributed by atoms with E-state index in [1.165, 1.54) is 43.2 Å². The highest BCUT2D eigenvalue weighted by atomic mass is 16.5. The Morgan fingerprint density at radius 3 is 2.52 bits per heavy atom. The first-order chi connectivity index (χ1) is 16.1. The summed E-state index contributed by atoms with van der Waals surface area (Å²) in [6.07, 6.45) is 9.61. The van der Waals surface area contributed by atoms with Gasteiger partial charge in [-0.2, -0.15) is 0 Å². The van der Waals surface area contributed by atoms with Crippen molar-refractivity contribution >= 4 is 5.97 Å². The molecule has 5 rings (SSSR count). The third-order valence-corrected chi connectivity index (χ3v) is 8.51. The average molecular weight is 448 g/mol. The monoisotopic (exact) mass is 447 g/mol. The lowest BCUT2D eigenvalue weighted by Crippen LogP contribution is -2.47. The van der Waals surface area contributed by atoms with Crippen LogP contribution in [0.2, 0.25) is 0 Å². The Morgan fingerprint density at radius 2 is 1.79 bits per heavy atom.